The molecule has 0 saturated carbocycles. The summed E-state index contributed by atoms with van der Waals surface area (Å²) in [5.41, 5.74) is 0.878. The van der Waals surface area contributed by atoms with E-state index in [9.17, 15) is 13.2 Å². The van der Waals surface area contributed by atoms with Gasteiger partial charge in [0.15, 0.2) is 0 Å². The molecule has 2 aromatic carbocycles. The van der Waals surface area contributed by atoms with Crippen LogP contribution in [0.3, 0.4) is 0 Å². The van der Waals surface area contributed by atoms with Crippen molar-refractivity contribution in [2.45, 2.75) is 29.7 Å². The number of rotatable bonds is 6. The molecule has 1 unspecified atom stereocenters. The number of hydrogen-bond donors (Lipinski definition) is 1. The van der Waals surface area contributed by atoms with Crippen LogP contribution >= 0.6 is 23.2 Å². The minimum atomic E-state index is -3.85. The molecule has 1 atom stereocenters. The predicted molar refractivity (Wildman–Crippen MR) is 115 cm³/mol. The number of carbonyl (C=O) groups is 1. The Morgan fingerprint density at radius 3 is 2.37 bits per heavy atom. The molecule has 158 valence electrons. The van der Waals surface area contributed by atoms with Gasteiger partial charge in [-0.05, 0) is 50.2 Å². The lowest BCUT2D eigenvalue weighted by atomic mass is 10.2. The van der Waals surface area contributed by atoms with Crippen LogP contribution in [0.2, 0.25) is 10.0 Å². The van der Waals surface area contributed by atoms with E-state index in [-0.39, 0.29) is 21.2 Å². The highest BCUT2D eigenvalue weighted by Gasteiger charge is 2.22. The van der Waals surface area contributed by atoms with Crippen molar-refractivity contribution in [3.63, 3.8) is 0 Å². The second-order valence-electron chi connectivity index (χ2n) is 6.56. The van der Waals surface area contributed by atoms with E-state index in [1.165, 1.54) is 54.3 Å². The fourth-order valence-electron chi connectivity index (χ4n) is 2.69. The summed E-state index contributed by atoms with van der Waals surface area (Å²) in [7, 11) is -2.43. The number of nitrogens with zero attached hydrogens (tertiary/aromatic N) is 2. The summed E-state index contributed by atoms with van der Waals surface area (Å²) in [5.74, 6) is -0.108. The largest absolute Gasteiger partial charge is 0.497 e. The van der Waals surface area contributed by atoms with Crippen LogP contribution in [0.5, 0.6) is 5.75 Å². The minimum absolute atomic E-state index is 0.0231. The molecule has 1 N–H and O–H groups in total. The SMILES string of the molecule is COc1cc(NC(=O)C(C)n2cc(Cl)c(C)n2)cc(S(=O)(=O)c2ccc(Cl)cc2)c1. The monoisotopic (exact) mass is 467 g/mol. The Bertz CT molecular complexity index is 1170. The highest BCUT2D eigenvalue weighted by atomic mass is 35.5. The first kappa shape index (κ1) is 22.1. The van der Waals surface area contributed by atoms with Crippen LogP contribution in [0.1, 0.15) is 18.7 Å². The fraction of sp³-hybridized carbons (Fsp3) is 0.200. The number of carbonyl (C=O) groups excluding carboxylic acids is 1. The molecule has 30 heavy (non-hydrogen) atoms. The van der Waals surface area contributed by atoms with Gasteiger partial charge in [0.2, 0.25) is 15.7 Å². The van der Waals surface area contributed by atoms with E-state index < -0.39 is 21.8 Å². The van der Waals surface area contributed by atoms with Crippen LogP contribution in [-0.4, -0.2) is 31.2 Å². The first-order chi connectivity index (χ1) is 14.1. The maximum Gasteiger partial charge on any atom is 0.248 e. The van der Waals surface area contributed by atoms with Gasteiger partial charge in [-0.15, -0.1) is 0 Å². The predicted octanol–water partition coefficient (Wildman–Crippen LogP) is 4.54. The van der Waals surface area contributed by atoms with E-state index in [4.69, 9.17) is 27.9 Å². The Labute approximate surface area is 184 Å². The van der Waals surface area contributed by atoms with Crippen molar-refractivity contribution in [3.8, 4) is 5.75 Å². The van der Waals surface area contributed by atoms with E-state index in [0.717, 1.165) is 0 Å². The third-order valence-electron chi connectivity index (χ3n) is 4.45. The molecular formula is C20H19Cl2N3O4S. The molecule has 0 aliphatic rings. The third kappa shape index (κ3) is 4.61. The van der Waals surface area contributed by atoms with Crippen LogP contribution in [0.15, 0.2) is 58.5 Å². The molecule has 0 aliphatic heterocycles. The van der Waals surface area contributed by atoms with E-state index in [2.05, 4.69) is 10.4 Å². The van der Waals surface area contributed by atoms with E-state index >= 15 is 0 Å². The summed E-state index contributed by atoms with van der Waals surface area (Å²) in [5, 5.41) is 7.79. The standard InChI is InChI=1S/C20H19Cl2N3O4S/c1-12-19(22)11-25(24-12)13(2)20(26)23-15-8-16(29-3)10-18(9-15)30(27,28)17-6-4-14(21)5-7-17/h4-11,13H,1-3H3,(H,23,26). The van der Waals surface area contributed by atoms with Gasteiger partial charge in [0.25, 0.3) is 0 Å². The van der Waals surface area contributed by atoms with Crippen molar-refractivity contribution < 1.29 is 17.9 Å². The summed E-state index contributed by atoms with van der Waals surface area (Å²) in [6, 6.07) is 9.46. The topological polar surface area (TPSA) is 90.3 Å². The van der Waals surface area contributed by atoms with Crippen molar-refractivity contribution >= 4 is 44.6 Å². The molecule has 1 amide bonds. The molecule has 1 aromatic heterocycles. The molecule has 7 nitrogen and oxygen atoms in total. The lowest BCUT2D eigenvalue weighted by Gasteiger charge is -2.15. The Morgan fingerprint density at radius 2 is 1.80 bits per heavy atom. The van der Waals surface area contributed by atoms with Crippen LogP contribution in [0.4, 0.5) is 5.69 Å². The van der Waals surface area contributed by atoms with Crippen LogP contribution in [0, 0.1) is 6.92 Å². The Morgan fingerprint density at radius 1 is 1.13 bits per heavy atom. The third-order valence-corrected chi connectivity index (χ3v) is 6.82. The van der Waals surface area contributed by atoms with Crippen molar-refractivity contribution in [2.24, 2.45) is 0 Å². The second kappa shape index (κ2) is 8.67. The first-order valence-corrected chi connectivity index (χ1v) is 11.1. The summed E-state index contributed by atoms with van der Waals surface area (Å²) in [6.07, 6.45) is 1.56. The molecule has 0 fully saturated rings. The smallest absolute Gasteiger partial charge is 0.248 e. The van der Waals surface area contributed by atoms with E-state index in [1.807, 2.05) is 0 Å². The number of nitrogens with one attached hydrogen (secondary N) is 1. The van der Waals surface area contributed by atoms with Crippen molar-refractivity contribution in [2.75, 3.05) is 12.4 Å². The van der Waals surface area contributed by atoms with Crippen molar-refractivity contribution in [1.29, 1.82) is 0 Å². The highest BCUT2D eigenvalue weighted by molar-refractivity contribution is 7.91. The number of methoxy groups -OCH3 is 1. The Balaban J connectivity index is 1.92. The van der Waals surface area contributed by atoms with Crippen molar-refractivity contribution in [1.82, 2.24) is 9.78 Å². The van der Waals surface area contributed by atoms with Gasteiger partial charge in [0, 0.05) is 23.0 Å². The number of hydrogen-bond acceptors (Lipinski definition) is 5. The van der Waals surface area contributed by atoms with Crippen LogP contribution in [-0.2, 0) is 14.6 Å². The normalized spacial score (nSPS) is 12.4. The lowest BCUT2D eigenvalue weighted by Crippen LogP contribution is -2.24. The quantitative estimate of drug-likeness (QED) is 0.574. The number of aryl methyl sites for hydroxylation is 1. The van der Waals surface area contributed by atoms with Gasteiger partial charge in [-0.1, -0.05) is 23.2 Å². The lowest BCUT2D eigenvalue weighted by molar-refractivity contribution is -0.119. The molecule has 0 bridgehead atoms. The van der Waals surface area contributed by atoms with Gasteiger partial charge in [-0.3, -0.25) is 9.48 Å². The van der Waals surface area contributed by atoms with Crippen molar-refractivity contribution in [3.05, 3.63) is 64.4 Å². The number of halogens is 2. The molecule has 3 rings (SSSR count). The first-order valence-electron chi connectivity index (χ1n) is 8.83. The number of benzene rings is 2. The number of anilines is 1. The molecular weight excluding hydrogens is 449 g/mol. The number of ether oxygens (including phenoxy) is 1. The highest BCUT2D eigenvalue weighted by Crippen LogP contribution is 2.29. The zero-order valence-electron chi connectivity index (χ0n) is 16.4. The van der Waals surface area contributed by atoms with Gasteiger partial charge in [-0.2, -0.15) is 5.10 Å². The summed E-state index contributed by atoms with van der Waals surface area (Å²) in [4.78, 5) is 12.7. The molecule has 1 heterocycles. The number of amides is 1. The molecule has 0 aliphatic carbocycles. The maximum atomic E-state index is 13.0. The average molecular weight is 468 g/mol. The maximum absolute atomic E-state index is 13.0. The number of aromatic nitrogens is 2. The van der Waals surface area contributed by atoms with Gasteiger partial charge in [0.1, 0.15) is 11.8 Å². The minimum Gasteiger partial charge on any atom is -0.497 e. The van der Waals surface area contributed by atoms with E-state index in [1.54, 1.807) is 20.0 Å². The number of sulfone groups is 1. The Hall–Kier alpha value is -2.55. The fourth-order valence-corrected chi connectivity index (χ4v) is 4.28. The summed E-state index contributed by atoms with van der Waals surface area (Å²) >= 11 is 11.9. The van der Waals surface area contributed by atoms with Gasteiger partial charge < -0.3 is 10.1 Å². The van der Waals surface area contributed by atoms with Crippen LogP contribution < -0.4 is 10.1 Å². The van der Waals surface area contributed by atoms with Gasteiger partial charge in [0.05, 0.1) is 27.6 Å². The molecule has 0 saturated heterocycles. The molecule has 3 aromatic rings. The van der Waals surface area contributed by atoms with Gasteiger partial charge in [-0.25, -0.2) is 8.42 Å². The Kier molecular flexibility index (Phi) is 6.40. The second-order valence-corrected chi connectivity index (χ2v) is 9.36. The van der Waals surface area contributed by atoms with E-state index in [0.29, 0.717) is 15.7 Å². The molecule has 10 heteroatoms. The van der Waals surface area contributed by atoms with Gasteiger partial charge >= 0.3 is 0 Å². The summed E-state index contributed by atoms with van der Waals surface area (Å²) < 4.78 is 32.7. The molecule has 0 radical (unpaired) electrons. The summed E-state index contributed by atoms with van der Waals surface area (Å²) in [6.45, 7) is 3.39. The zero-order chi connectivity index (χ0) is 22.1. The van der Waals surface area contributed by atoms with Crippen LogP contribution in [0.25, 0.3) is 0 Å². The molecule has 0 spiro atoms. The average Bonchev–Trinajstić information content (AvgIpc) is 3.05. The zero-order valence-corrected chi connectivity index (χ0v) is 18.7.